The summed E-state index contributed by atoms with van der Waals surface area (Å²) >= 11 is 0. The number of carboxylic acid groups (broad SMARTS) is 1. The first-order chi connectivity index (χ1) is 8.64. The number of rotatable bonds is 3. The molecule has 0 aromatic heterocycles. The summed E-state index contributed by atoms with van der Waals surface area (Å²) in [4.78, 5) is 24.7. The van der Waals surface area contributed by atoms with Crippen molar-refractivity contribution in [3.8, 4) is 0 Å². The van der Waals surface area contributed by atoms with Gasteiger partial charge in [0, 0.05) is 19.1 Å². The summed E-state index contributed by atoms with van der Waals surface area (Å²) in [7, 11) is 0. The third-order valence-electron chi connectivity index (χ3n) is 4.37. The highest BCUT2D eigenvalue weighted by Crippen LogP contribution is 2.26. The Balaban J connectivity index is 2.50. The number of hydrogen-bond acceptors (Lipinski definition) is 2. The lowest BCUT2D eigenvalue weighted by atomic mass is 9.82. The van der Waals surface area contributed by atoms with Gasteiger partial charge in [-0.2, -0.15) is 0 Å². The molecule has 2 N–H and O–H groups in total. The molecule has 3 unspecified atom stereocenters. The monoisotopic (exact) mass is 270 g/mol. The van der Waals surface area contributed by atoms with Crippen LogP contribution in [0.2, 0.25) is 0 Å². The van der Waals surface area contributed by atoms with Gasteiger partial charge in [-0.3, -0.25) is 4.79 Å². The van der Waals surface area contributed by atoms with E-state index in [0.29, 0.717) is 25.4 Å². The summed E-state index contributed by atoms with van der Waals surface area (Å²) in [6, 6.07) is -0.380. The van der Waals surface area contributed by atoms with E-state index in [0.717, 1.165) is 0 Å². The Kier molecular flexibility index (Phi) is 4.82. The summed E-state index contributed by atoms with van der Waals surface area (Å²) < 4.78 is 0. The van der Waals surface area contributed by atoms with Crippen LogP contribution in [0, 0.1) is 17.3 Å². The van der Waals surface area contributed by atoms with E-state index in [4.69, 9.17) is 5.11 Å². The molecule has 0 radical (unpaired) electrons. The molecule has 1 saturated heterocycles. The smallest absolute Gasteiger partial charge is 0.317 e. The normalized spacial score (nSPS) is 25.2. The molecule has 5 heteroatoms. The predicted molar refractivity (Wildman–Crippen MR) is 73.9 cm³/mol. The number of aliphatic carboxylic acids is 1. The van der Waals surface area contributed by atoms with Crippen LogP contribution in [-0.2, 0) is 4.79 Å². The standard InChI is InChI=1S/C14H26N2O3/c1-9(14(3,4)5)8-15-13(19)16-7-6-11(10(16)2)12(17)18/h9-11H,6-8H2,1-5H3,(H,15,19)(H,17,18). The summed E-state index contributed by atoms with van der Waals surface area (Å²) in [5, 5.41) is 12.0. The minimum Gasteiger partial charge on any atom is -0.481 e. The lowest BCUT2D eigenvalue weighted by molar-refractivity contribution is -0.142. The third-order valence-corrected chi connectivity index (χ3v) is 4.37. The first-order valence-electron chi connectivity index (χ1n) is 6.92. The van der Waals surface area contributed by atoms with Crippen molar-refractivity contribution in [2.75, 3.05) is 13.1 Å². The average Bonchev–Trinajstić information content (AvgIpc) is 2.66. The van der Waals surface area contributed by atoms with Crippen molar-refractivity contribution in [3.63, 3.8) is 0 Å². The number of carbonyl (C=O) groups is 2. The maximum Gasteiger partial charge on any atom is 0.317 e. The van der Waals surface area contributed by atoms with E-state index in [1.807, 2.05) is 0 Å². The first-order valence-corrected chi connectivity index (χ1v) is 6.92. The van der Waals surface area contributed by atoms with Crippen LogP contribution in [0.5, 0.6) is 0 Å². The molecule has 0 spiro atoms. The van der Waals surface area contributed by atoms with Crippen LogP contribution in [0.3, 0.4) is 0 Å². The predicted octanol–water partition coefficient (Wildman–Crippen LogP) is 2.17. The summed E-state index contributed by atoms with van der Waals surface area (Å²) in [6.07, 6.45) is 0.540. The van der Waals surface area contributed by atoms with Crippen LogP contribution >= 0.6 is 0 Å². The van der Waals surface area contributed by atoms with Gasteiger partial charge in [-0.05, 0) is 24.7 Å². The second-order valence-corrected chi connectivity index (χ2v) is 6.62. The number of carbonyl (C=O) groups excluding carboxylic acids is 1. The van der Waals surface area contributed by atoms with Crippen LogP contribution in [-0.4, -0.2) is 41.1 Å². The zero-order valence-corrected chi connectivity index (χ0v) is 12.6. The Morgan fingerprint density at radius 2 is 2.00 bits per heavy atom. The number of nitrogens with one attached hydrogen (secondary N) is 1. The quantitative estimate of drug-likeness (QED) is 0.825. The fourth-order valence-corrected chi connectivity index (χ4v) is 2.20. The third kappa shape index (κ3) is 3.85. The molecule has 19 heavy (non-hydrogen) atoms. The Hall–Kier alpha value is -1.26. The van der Waals surface area contributed by atoms with E-state index in [-0.39, 0.29) is 17.5 Å². The lowest BCUT2D eigenvalue weighted by Gasteiger charge is -2.29. The number of amides is 2. The highest BCUT2D eigenvalue weighted by atomic mass is 16.4. The number of hydrogen-bond donors (Lipinski definition) is 2. The number of carboxylic acids is 1. The first kappa shape index (κ1) is 15.8. The molecule has 0 aromatic carbocycles. The average molecular weight is 270 g/mol. The van der Waals surface area contributed by atoms with Crippen molar-refractivity contribution >= 4 is 12.0 Å². The highest BCUT2D eigenvalue weighted by molar-refractivity contribution is 5.78. The number of nitrogens with zero attached hydrogens (tertiary/aromatic N) is 1. The van der Waals surface area contributed by atoms with Gasteiger partial charge < -0.3 is 15.3 Å². The van der Waals surface area contributed by atoms with Gasteiger partial charge in [-0.25, -0.2) is 4.79 Å². The molecule has 2 amide bonds. The fourth-order valence-electron chi connectivity index (χ4n) is 2.20. The van der Waals surface area contributed by atoms with Gasteiger partial charge in [0.2, 0.25) is 0 Å². The molecule has 1 fully saturated rings. The zero-order chi connectivity index (χ0) is 14.8. The van der Waals surface area contributed by atoms with Crippen molar-refractivity contribution in [2.24, 2.45) is 17.3 Å². The molecule has 3 atom stereocenters. The SMILES string of the molecule is CC1C(C(=O)O)CCN1C(=O)NCC(C)C(C)(C)C. The molecule has 1 aliphatic rings. The van der Waals surface area contributed by atoms with E-state index < -0.39 is 11.9 Å². The van der Waals surface area contributed by atoms with E-state index in [2.05, 4.69) is 33.0 Å². The van der Waals surface area contributed by atoms with E-state index in [9.17, 15) is 9.59 Å². The zero-order valence-electron chi connectivity index (χ0n) is 12.6. The van der Waals surface area contributed by atoms with E-state index in [1.54, 1.807) is 11.8 Å². The summed E-state index contributed by atoms with van der Waals surface area (Å²) in [5.74, 6) is -0.888. The second kappa shape index (κ2) is 5.80. The van der Waals surface area contributed by atoms with Crippen molar-refractivity contribution in [1.29, 1.82) is 0 Å². The minimum absolute atomic E-state index is 0.146. The van der Waals surface area contributed by atoms with Crippen molar-refractivity contribution in [1.82, 2.24) is 10.2 Å². The van der Waals surface area contributed by atoms with Gasteiger partial charge in [-0.1, -0.05) is 27.7 Å². The molecule has 0 aliphatic carbocycles. The summed E-state index contributed by atoms with van der Waals surface area (Å²) in [5.41, 5.74) is 0.146. The Labute approximate surface area is 115 Å². The topological polar surface area (TPSA) is 69.6 Å². The van der Waals surface area contributed by atoms with Gasteiger partial charge in [0.25, 0.3) is 0 Å². The highest BCUT2D eigenvalue weighted by Gasteiger charge is 2.38. The van der Waals surface area contributed by atoms with Crippen LogP contribution in [0.25, 0.3) is 0 Å². The van der Waals surface area contributed by atoms with Crippen LogP contribution < -0.4 is 5.32 Å². The summed E-state index contributed by atoms with van der Waals surface area (Å²) in [6.45, 7) is 11.5. The van der Waals surface area contributed by atoms with Crippen LogP contribution in [0.15, 0.2) is 0 Å². The molecule has 0 aromatic rings. The molecule has 110 valence electrons. The van der Waals surface area contributed by atoms with Gasteiger partial charge in [0.05, 0.1) is 5.92 Å². The maximum atomic E-state index is 12.1. The maximum absolute atomic E-state index is 12.1. The lowest BCUT2D eigenvalue weighted by Crippen LogP contribution is -2.46. The molecule has 0 bridgehead atoms. The van der Waals surface area contributed by atoms with Crippen molar-refractivity contribution in [3.05, 3.63) is 0 Å². The molecule has 0 saturated carbocycles. The molecular formula is C14H26N2O3. The van der Waals surface area contributed by atoms with Gasteiger partial charge in [0.15, 0.2) is 0 Å². The van der Waals surface area contributed by atoms with Crippen LogP contribution in [0.1, 0.15) is 41.0 Å². The van der Waals surface area contributed by atoms with E-state index >= 15 is 0 Å². The Morgan fingerprint density at radius 3 is 2.42 bits per heavy atom. The van der Waals surface area contributed by atoms with Crippen molar-refractivity contribution in [2.45, 2.75) is 47.1 Å². The van der Waals surface area contributed by atoms with Gasteiger partial charge >= 0.3 is 12.0 Å². The largest absolute Gasteiger partial charge is 0.481 e. The van der Waals surface area contributed by atoms with E-state index in [1.165, 1.54) is 0 Å². The molecule has 1 heterocycles. The number of likely N-dealkylation sites (tertiary alicyclic amines) is 1. The van der Waals surface area contributed by atoms with Crippen LogP contribution in [0.4, 0.5) is 4.79 Å². The minimum atomic E-state index is -0.814. The molecule has 5 nitrogen and oxygen atoms in total. The van der Waals surface area contributed by atoms with Crippen molar-refractivity contribution < 1.29 is 14.7 Å². The fraction of sp³-hybridized carbons (Fsp3) is 0.857. The van der Waals surface area contributed by atoms with Gasteiger partial charge in [0.1, 0.15) is 0 Å². The van der Waals surface area contributed by atoms with Gasteiger partial charge in [-0.15, -0.1) is 0 Å². The Bertz CT molecular complexity index is 349. The molecule has 1 rings (SSSR count). The number of urea groups is 1. The molecule has 1 aliphatic heterocycles. The second-order valence-electron chi connectivity index (χ2n) is 6.62. The Morgan fingerprint density at radius 1 is 1.42 bits per heavy atom. The molecular weight excluding hydrogens is 244 g/mol.